The molecule has 1 aliphatic heterocycles. The summed E-state index contributed by atoms with van der Waals surface area (Å²) in [6.45, 7) is 10.5. The summed E-state index contributed by atoms with van der Waals surface area (Å²) in [5.74, 6) is 1.88. The number of hydrogen-bond donors (Lipinski definition) is 0. The molecule has 0 atom stereocenters. The number of para-hydroxylation sites is 1. The third-order valence-electron chi connectivity index (χ3n) is 6.18. The van der Waals surface area contributed by atoms with Gasteiger partial charge >= 0.3 is 0 Å². The molecule has 1 amide bonds. The second kappa shape index (κ2) is 10.6. The molecule has 0 unspecified atom stereocenters. The maximum Gasteiger partial charge on any atom is 0.224 e. The highest BCUT2D eigenvalue weighted by molar-refractivity contribution is 5.91. The van der Waals surface area contributed by atoms with Crippen LogP contribution in [0.4, 0.5) is 5.82 Å². The smallest absolute Gasteiger partial charge is 0.224 e. The summed E-state index contributed by atoms with van der Waals surface area (Å²) in [4.78, 5) is 29.4. The Balaban J connectivity index is 1.57. The average molecular weight is 432 g/mol. The molecular formula is C26H33N5O. The Bertz CT molecular complexity index is 1030. The Hall–Kier alpha value is -2.99. The number of carbonyl (C=O) groups is 1. The van der Waals surface area contributed by atoms with Crippen LogP contribution < -0.4 is 4.90 Å². The van der Waals surface area contributed by atoms with Gasteiger partial charge in [-0.15, -0.1) is 0 Å². The predicted octanol–water partition coefficient (Wildman–Crippen LogP) is 4.07. The molecule has 0 spiro atoms. The van der Waals surface area contributed by atoms with E-state index in [2.05, 4.69) is 29.7 Å². The third kappa shape index (κ3) is 5.07. The first-order chi connectivity index (χ1) is 15.7. The fourth-order valence-corrected chi connectivity index (χ4v) is 4.31. The number of likely N-dealkylation sites (N-methyl/N-ethyl adjacent to an activating group) is 1. The van der Waals surface area contributed by atoms with Gasteiger partial charge in [0.05, 0.1) is 5.52 Å². The van der Waals surface area contributed by atoms with E-state index in [0.717, 1.165) is 73.8 Å². The van der Waals surface area contributed by atoms with Crippen LogP contribution in [0, 0.1) is 0 Å². The van der Waals surface area contributed by atoms with E-state index in [1.807, 2.05) is 53.4 Å². The minimum atomic E-state index is 0.239. The van der Waals surface area contributed by atoms with Crippen LogP contribution >= 0.6 is 0 Å². The first kappa shape index (κ1) is 22.2. The molecule has 6 heteroatoms. The van der Waals surface area contributed by atoms with Crippen LogP contribution in [0.5, 0.6) is 0 Å². The summed E-state index contributed by atoms with van der Waals surface area (Å²) in [7, 11) is 0. The molecule has 0 radical (unpaired) electrons. The summed E-state index contributed by atoms with van der Waals surface area (Å²) < 4.78 is 0. The summed E-state index contributed by atoms with van der Waals surface area (Å²) >= 11 is 0. The number of fused-ring (bicyclic) bond motifs is 1. The topological polar surface area (TPSA) is 52.6 Å². The minimum absolute atomic E-state index is 0.239. The number of carbonyl (C=O) groups excluding carboxylic acids is 1. The van der Waals surface area contributed by atoms with Crippen molar-refractivity contribution in [3.8, 4) is 11.4 Å². The highest BCUT2D eigenvalue weighted by Gasteiger charge is 2.22. The number of hydrogen-bond acceptors (Lipinski definition) is 5. The largest absolute Gasteiger partial charge is 0.355 e. The van der Waals surface area contributed by atoms with E-state index < -0.39 is 0 Å². The Labute approximate surface area is 190 Å². The van der Waals surface area contributed by atoms with Gasteiger partial charge in [-0.05, 0) is 25.1 Å². The lowest BCUT2D eigenvalue weighted by atomic mass is 10.1. The fraction of sp³-hybridized carbons (Fsp3) is 0.423. The van der Waals surface area contributed by atoms with Gasteiger partial charge in [-0.2, -0.15) is 0 Å². The lowest BCUT2D eigenvalue weighted by Gasteiger charge is -2.34. The van der Waals surface area contributed by atoms with Gasteiger partial charge in [0.25, 0.3) is 0 Å². The quantitative estimate of drug-likeness (QED) is 0.538. The van der Waals surface area contributed by atoms with Gasteiger partial charge in [-0.1, -0.05) is 56.3 Å². The molecule has 168 valence electrons. The van der Waals surface area contributed by atoms with Crippen molar-refractivity contribution < 1.29 is 4.79 Å². The normalized spacial score (nSPS) is 14.6. The number of piperazine rings is 1. The molecule has 3 aromatic rings. The molecule has 2 heterocycles. The Morgan fingerprint density at radius 3 is 2.34 bits per heavy atom. The van der Waals surface area contributed by atoms with E-state index in [1.165, 1.54) is 0 Å². The highest BCUT2D eigenvalue weighted by atomic mass is 16.2. The van der Waals surface area contributed by atoms with E-state index in [1.54, 1.807) is 0 Å². The molecule has 2 aromatic carbocycles. The summed E-state index contributed by atoms with van der Waals surface area (Å²) in [5.41, 5.74) is 1.93. The first-order valence-corrected chi connectivity index (χ1v) is 11.8. The van der Waals surface area contributed by atoms with Gasteiger partial charge in [-0.3, -0.25) is 4.79 Å². The first-order valence-electron chi connectivity index (χ1n) is 11.8. The number of anilines is 1. The van der Waals surface area contributed by atoms with Crippen LogP contribution in [-0.2, 0) is 4.79 Å². The van der Waals surface area contributed by atoms with E-state index in [9.17, 15) is 4.79 Å². The molecule has 1 saturated heterocycles. The lowest BCUT2D eigenvalue weighted by Crippen LogP contribution is -2.49. The van der Waals surface area contributed by atoms with Crippen molar-refractivity contribution in [2.75, 3.05) is 50.7 Å². The molecule has 4 rings (SSSR count). The molecule has 1 aromatic heterocycles. The molecule has 0 N–H and O–H groups in total. The SMILES string of the molecule is CCCN(CCC(=O)N1CCN(CC)CC1)c1nc(-c2ccccc2)nc2ccccc12. The number of aromatic nitrogens is 2. The van der Waals surface area contributed by atoms with Gasteiger partial charge in [0.2, 0.25) is 5.91 Å². The van der Waals surface area contributed by atoms with Crippen LogP contribution in [0.25, 0.3) is 22.3 Å². The van der Waals surface area contributed by atoms with Crippen LogP contribution in [0.1, 0.15) is 26.7 Å². The summed E-state index contributed by atoms with van der Waals surface area (Å²) in [6, 6.07) is 18.2. The van der Waals surface area contributed by atoms with Gasteiger partial charge in [-0.25, -0.2) is 9.97 Å². The molecule has 0 aliphatic carbocycles. The molecular weight excluding hydrogens is 398 g/mol. The van der Waals surface area contributed by atoms with E-state index in [4.69, 9.17) is 9.97 Å². The summed E-state index contributed by atoms with van der Waals surface area (Å²) in [6.07, 6.45) is 1.49. The highest BCUT2D eigenvalue weighted by Crippen LogP contribution is 2.28. The van der Waals surface area contributed by atoms with Crippen molar-refractivity contribution in [3.63, 3.8) is 0 Å². The van der Waals surface area contributed by atoms with Crippen molar-refractivity contribution in [2.24, 2.45) is 0 Å². The van der Waals surface area contributed by atoms with Crippen molar-refractivity contribution in [3.05, 3.63) is 54.6 Å². The van der Waals surface area contributed by atoms with Crippen molar-refractivity contribution in [1.29, 1.82) is 0 Å². The monoisotopic (exact) mass is 431 g/mol. The second-order valence-electron chi connectivity index (χ2n) is 8.31. The third-order valence-corrected chi connectivity index (χ3v) is 6.18. The number of nitrogens with zero attached hydrogens (tertiary/aromatic N) is 5. The molecule has 6 nitrogen and oxygen atoms in total. The van der Waals surface area contributed by atoms with Crippen molar-refractivity contribution >= 4 is 22.6 Å². The van der Waals surface area contributed by atoms with Crippen molar-refractivity contribution in [2.45, 2.75) is 26.7 Å². The van der Waals surface area contributed by atoms with Crippen LogP contribution in [0.2, 0.25) is 0 Å². The van der Waals surface area contributed by atoms with Crippen LogP contribution in [-0.4, -0.2) is 71.5 Å². The zero-order chi connectivity index (χ0) is 22.3. The number of rotatable bonds is 8. The Kier molecular flexibility index (Phi) is 7.32. The number of benzene rings is 2. The molecule has 0 bridgehead atoms. The number of amides is 1. The van der Waals surface area contributed by atoms with E-state index >= 15 is 0 Å². The van der Waals surface area contributed by atoms with E-state index in [-0.39, 0.29) is 5.91 Å². The molecule has 0 saturated carbocycles. The maximum atomic E-state index is 12.9. The zero-order valence-electron chi connectivity index (χ0n) is 19.2. The van der Waals surface area contributed by atoms with Gasteiger partial charge in [0.15, 0.2) is 5.82 Å². The maximum absolute atomic E-state index is 12.9. The Morgan fingerprint density at radius 1 is 0.906 bits per heavy atom. The fourth-order valence-electron chi connectivity index (χ4n) is 4.31. The predicted molar refractivity (Wildman–Crippen MR) is 131 cm³/mol. The van der Waals surface area contributed by atoms with E-state index in [0.29, 0.717) is 13.0 Å². The van der Waals surface area contributed by atoms with Gasteiger partial charge in [0.1, 0.15) is 5.82 Å². The zero-order valence-corrected chi connectivity index (χ0v) is 19.2. The van der Waals surface area contributed by atoms with Crippen molar-refractivity contribution in [1.82, 2.24) is 19.8 Å². The summed E-state index contributed by atoms with van der Waals surface area (Å²) in [5, 5.41) is 1.03. The Morgan fingerprint density at radius 2 is 1.62 bits per heavy atom. The van der Waals surface area contributed by atoms with Gasteiger partial charge in [0, 0.05) is 56.6 Å². The van der Waals surface area contributed by atoms with Gasteiger partial charge < -0.3 is 14.7 Å². The van der Waals surface area contributed by atoms with Crippen LogP contribution in [0.3, 0.4) is 0 Å². The second-order valence-corrected chi connectivity index (χ2v) is 8.31. The molecule has 1 aliphatic rings. The van der Waals surface area contributed by atoms with Crippen LogP contribution in [0.15, 0.2) is 54.6 Å². The lowest BCUT2D eigenvalue weighted by molar-refractivity contribution is -0.132. The molecule has 32 heavy (non-hydrogen) atoms. The standard InChI is InChI=1S/C26H33N5O/c1-3-15-31(16-14-24(32)30-19-17-29(4-2)18-20-30)26-22-12-8-9-13-23(22)27-25(28-26)21-10-6-5-7-11-21/h5-13H,3-4,14-20H2,1-2H3. The molecule has 1 fully saturated rings. The average Bonchev–Trinajstić information content (AvgIpc) is 2.86. The minimum Gasteiger partial charge on any atom is -0.355 e.